The van der Waals surface area contributed by atoms with Crippen molar-refractivity contribution in [1.29, 1.82) is 0 Å². The molecule has 0 bridgehead atoms. The quantitative estimate of drug-likeness (QED) is 0.746. The minimum atomic E-state index is -0.377. The number of methoxy groups -OCH3 is 1. The Morgan fingerprint density at radius 3 is 2.57 bits per heavy atom. The van der Waals surface area contributed by atoms with E-state index in [9.17, 15) is 9.18 Å². The molecule has 0 aromatic heterocycles. The molecule has 0 radical (unpaired) electrons. The summed E-state index contributed by atoms with van der Waals surface area (Å²) in [6.07, 6.45) is 0. The topological polar surface area (TPSA) is 41.6 Å². The number of amides is 1. The van der Waals surface area contributed by atoms with Crippen LogP contribution in [-0.4, -0.2) is 43.6 Å². The SMILES string of the molecule is COc1cc(-c2ccc3cc(C(=O)N4CCNCC4C)ccc3c2)ccc1F. The van der Waals surface area contributed by atoms with Crippen molar-refractivity contribution in [3.63, 3.8) is 0 Å². The van der Waals surface area contributed by atoms with Crippen molar-refractivity contribution in [2.45, 2.75) is 13.0 Å². The van der Waals surface area contributed by atoms with Crippen LogP contribution in [-0.2, 0) is 0 Å². The van der Waals surface area contributed by atoms with Crippen LogP contribution in [0.2, 0.25) is 0 Å². The number of hydrogen-bond acceptors (Lipinski definition) is 3. The number of nitrogens with one attached hydrogen (secondary N) is 1. The van der Waals surface area contributed by atoms with Gasteiger partial charge in [-0.3, -0.25) is 4.79 Å². The van der Waals surface area contributed by atoms with Gasteiger partial charge in [0, 0.05) is 31.2 Å². The number of hydrogen-bond donors (Lipinski definition) is 1. The largest absolute Gasteiger partial charge is 0.494 e. The van der Waals surface area contributed by atoms with E-state index >= 15 is 0 Å². The monoisotopic (exact) mass is 378 g/mol. The van der Waals surface area contributed by atoms with Crippen molar-refractivity contribution in [3.05, 3.63) is 66.0 Å². The van der Waals surface area contributed by atoms with E-state index in [4.69, 9.17) is 4.74 Å². The van der Waals surface area contributed by atoms with Crippen LogP contribution in [0.25, 0.3) is 21.9 Å². The van der Waals surface area contributed by atoms with Crippen molar-refractivity contribution < 1.29 is 13.9 Å². The Morgan fingerprint density at radius 2 is 1.79 bits per heavy atom. The summed E-state index contributed by atoms with van der Waals surface area (Å²) in [5.41, 5.74) is 2.56. The van der Waals surface area contributed by atoms with Crippen molar-refractivity contribution in [2.24, 2.45) is 0 Å². The van der Waals surface area contributed by atoms with Gasteiger partial charge in [-0.05, 0) is 59.2 Å². The van der Waals surface area contributed by atoms with Crippen LogP contribution in [0, 0.1) is 5.82 Å². The van der Waals surface area contributed by atoms with Crippen LogP contribution >= 0.6 is 0 Å². The zero-order valence-corrected chi connectivity index (χ0v) is 16.0. The molecule has 1 fully saturated rings. The van der Waals surface area contributed by atoms with Gasteiger partial charge >= 0.3 is 0 Å². The lowest BCUT2D eigenvalue weighted by molar-refractivity contribution is 0.0656. The fraction of sp³-hybridized carbons (Fsp3) is 0.261. The van der Waals surface area contributed by atoms with Crippen LogP contribution in [0.1, 0.15) is 17.3 Å². The molecule has 1 unspecified atom stereocenters. The molecule has 1 atom stereocenters. The van der Waals surface area contributed by atoms with E-state index < -0.39 is 0 Å². The van der Waals surface area contributed by atoms with Gasteiger partial charge in [-0.25, -0.2) is 4.39 Å². The zero-order valence-electron chi connectivity index (χ0n) is 16.0. The lowest BCUT2D eigenvalue weighted by Gasteiger charge is -2.34. The molecule has 144 valence electrons. The summed E-state index contributed by atoms with van der Waals surface area (Å²) in [5, 5.41) is 5.35. The molecule has 3 aromatic rings. The summed E-state index contributed by atoms with van der Waals surface area (Å²) < 4.78 is 18.8. The predicted molar refractivity (Wildman–Crippen MR) is 109 cm³/mol. The Labute approximate surface area is 163 Å². The fourth-order valence-electron chi connectivity index (χ4n) is 3.71. The normalized spacial score (nSPS) is 17.0. The van der Waals surface area contributed by atoms with Crippen LogP contribution in [0.15, 0.2) is 54.6 Å². The summed E-state index contributed by atoms with van der Waals surface area (Å²) in [7, 11) is 1.46. The molecule has 3 aromatic carbocycles. The molecule has 1 aliphatic rings. The summed E-state index contributed by atoms with van der Waals surface area (Å²) in [5.74, 6) is -0.0794. The highest BCUT2D eigenvalue weighted by atomic mass is 19.1. The first kappa shape index (κ1) is 18.4. The average Bonchev–Trinajstić information content (AvgIpc) is 2.73. The average molecular weight is 378 g/mol. The molecule has 1 aliphatic heterocycles. The number of halogens is 1. The van der Waals surface area contributed by atoms with Crippen molar-refractivity contribution >= 4 is 16.7 Å². The highest BCUT2D eigenvalue weighted by Crippen LogP contribution is 2.29. The highest BCUT2D eigenvalue weighted by Gasteiger charge is 2.24. The number of nitrogens with zero attached hydrogens (tertiary/aromatic N) is 1. The number of carbonyl (C=O) groups is 1. The second-order valence-electron chi connectivity index (χ2n) is 7.18. The minimum Gasteiger partial charge on any atom is -0.494 e. The minimum absolute atomic E-state index is 0.0725. The maximum absolute atomic E-state index is 13.7. The third kappa shape index (κ3) is 3.45. The maximum atomic E-state index is 13.7. The van der Waals surface area contributed by atoms with Crippen LogP contribution in [0.5, 0.6) is 5.75 Å². The number of piperazine rings is 1. The smallest absolute Gasteiger partial charge is 0.254 e. The standard InChI is InChI=1S/C23H23FN2O2/c1-15-14-25-9-10-26(15)23(27)20-6-5-16-11-17(3-4-18(16)12-20)19-7-8-21(24)22(13-19)28-2/h3-8,11-13,15,25H,9-10,14H2,1-2H3. The Hall–Kier alpha value is -2.92. The van der Waals surface area contributed by atoms with Gasteiger partial charge in [0.15, 0.2) is 11.6 Å². The Bertz CT molecular complexity index is 1030. The Morgan fingerprint density at radius 1 is 1.07 bits per heavy atom. The number of ether oxygens (including phenoxy) is 1. The molecule has 0 spiro atoms. The van der Waals surface area contributed by atoms with Gasteiger partial charge in [0.25, 0.3) is 5.91 Å². The van der Waals surface area contributed by atoms with E-state index in [0.717, 1.165) is 41.5 Å². The van der Waals surface area contributed by atoms with E-state index in [0.29, 0.717) is 5.56 Å². The molecule has 28 heavy (non-hydrogen) atoms. The number of rotatable bonds is 3. The third-order valence-electron chi connectivity index (χ3n) is 5.33. The predicted octanol–water partition coefficient (Wildman–Crippen LogP) is 4.09. The van der Waals surface area contributed by atoms with Gasteiger partial charge in [0.05, 0.1) is 7.11 Å². The van der Waals surface area contributed by atoms with Gasteiger partial charge in [0.2, 0.25) is 0 Å². The number of benzene rings is 3. The molecule has 1 saturated heterocycles. The van der Waals surface area contributed by atoms with Crippen LogP contribution < -0.4 is 10.1 Å². The van der Waals surface area contributed by atoms with E-state index in [1.54, 1.807) is 12.1 Å². The molecular formula is C23H23FN2O2. The second-order valence-corrected chi connectivity index (χ2v) is 7.18. The van der Waals surface area contributed by atoms with Crippen molar-refractivity contribution in [1.82, 2.24) is 10.2 Å². The number of carbonyl (C=O) groups excluding carboxylic acids is 1. The van der Waals surface area contributed by atoms with E-state index in [2.05, 4.69) is 12.2 Å². The zero-order chi connectivity index (χ0) is 19.7. The van der Waals surface area contributed by atoms with Gasteiger partial charge in [-0.15, -0.1) is 0 Å². The van der Waals surface area contributed by atoms with Crippen molar-refractivity contribution in [3.8, 4) is 16.9 Å². The molecular weight excluding hydrogens is 355 g/mol. The molecule has 5 heteroatoms. The molecule has 1 amide bonds. The lowest BCUT2D eigenvalue weighted by atomic mass is 9.99. The van der Waals surface area contributed by atoms with E-state index in [-0.39, 0.29) is 23.5 Å². The van der Waals surface area contributed by atoms with Crippen molar-refractivity contribution in [2.75, 3.05) is 26.7 Å². The summed E-state index contributed by atoms with van der Waals surface area (Å²) in [4.78, 5) is 14.8. The molecule has 0 saturated carbocycles. The first-order valence-corrected chi connectivity index (χ1v) is 9.46. The first-order valence-electron chi connectivity index (χ1n) is 9.46. The first-order chi connectivity index (χ1) is 13.6. The highest BCUT2D eigenvalue weighted by molar-refractivity contribution is 5.99. The molecule has 0 aliphatic carbocycles. The molecule has 1 N–H and O–H groups in total. The van der Waals surface area contributed by atoms with Crippen LogP contribution in [0.4, 0.5) is 4.39 Å². The molecule has 4 nitrogen and oxygen atoms in total. The lowest BCUT2D eigenvalue weighted by Crippen LogP contribution is -2.52. The Balaban J connectivity index is 1.65. The van der Waals surface area contributed by atoms with Gasteiger partial charge in [-0.2, -0.15) is 0 Å². The second kappa shape index (κ2) is 7.60. The Kier molecular flexibility index (Phi) is 5.01. The van der Waals surface area contributed by atoms with Gasteiger partial charge < -0.3 is 15.0 Å². The summed E-state index contributed by atoms with van der Waals surface area (Å²) in [6, 6.07) is 16.9. The number of fused-ring (bicyclic) bond motifs is 1. The summed E-state index contributed by atoms with van der Waals surface area (Å²) >= 11 is 0. The summed E-state index contributed by atoms with van der Waals surface area (Å²) in [6.45, 7) is 4.44. The molecule has 1 heterocycles. The molecule has 4 rings (SSSR count). The third-order valence-corrected chi connectivity index (χ3v) is 5.33. The maximum Gasteiger partial charge on any atom is 0.254 e. The van der Waals surface area contributed by atoms with E-state index in [1.165, 1.54) is 13.2 Å². The van der Waals surface area contributed by atoms with Crippen LogP contribution in [0.3, 0.4) is 0 Å². The van der Waals surface area contributed by atoms with Gasteiger partial charge in [0.1, 0.15) is 0 Å². The van der Waals surface area contributed by atoms with E-state index in [1.807, 2.05) is 41.3 Å². The fourth-order valence-corrected chi connectivity index (χ4v) is 3.71. The van der Waals surface area contributed by atoms with Gasteiger partial charge in [-0.1, -0.05) is 24.3 Å².